The zero-order valence-electron chi connectivity index (χ0n) is 26.0. The smallest absolute Gasteiger partial charge is 0.140 e. The minimum Gasteiger partial charge on any atom is -0.377 e. The molecule has 1 saturated carbocycles. The second-order valence-corrected chi connectivity index (χ2v) is 12.4. The number of unbranched alkanes of at least 4 members (excludes halogenated alkanes) is 2. The van der Waals surface area contributed by atoms with Crippen LogP contribution in [0.2, 0.25) is 0 Å². The Balaban J connectivity index is 1.36. The number of allylic oxidation sites excluding steroid dienone is 3. The van der Waals surface area contributed by atoms with E-state index in [4.69, 9.17) is 4.99 Å². The zero-order valence-corrected chi connectivity index (χ0v) is 26.0. The van der Waals surface area contributed by atoms with Crippen LogP contribution in [-0.4, -0.2) is 66.9 Å². The first kappa shape index (κ1) is 28.7. The summed E-state index contributed by atoms with van der Waals surface area (Å²) in [6.45, 7) is 13.8. The second kappa shape index (κ2) is 12.8. The number of aliphatic imine (C=N–C) groups is 1. The average molecular weight is 542 g/mol. The Morgan fingerprint density at radius 3 is 2.38 bits per heavy atom. The van der Waals surface area contributed by atoms with Gasteiger partial charge in [-0.2, -0.15) is 0 Å². The number of rotatable bonds is 10. The maximum absolute atomic E-state index is 5.26. The molecule has 2 fully saturated rings. The van der Waals surface area contributed by atoms with Gasteiger partial charge >= 0.3 is 0 Å². The first-order valence-corrected chi connectivity index (χ1v) is 15.9. The van der Waals surface area contributed by atoms with Crippen molar-refractivity contribution in [2.24, 2.45) is 4.99 Å². The fourth-order valence-electron chi connectivity index (χ4n) is 6.65. The molecule has 5 heteroatoms. The highest BCUT2D eigenvalue weighted by Crippen LogP contribution is 2.39. The molecule has 0 spiro atoms. The van der Waals surface area contributed by atoms with Gasteiger partial charge in [0.05, 0.1) is 11.4 Å². The summed E-state index contributed by atoms with van der Waals surface area (Å²) in [5.41, 5.74) is 10.3. The Kier molecular flexibility index (Phi) is 9.20. The minimum absolute atomic E-state index is 0.731. The fraction of sp³-hybridized carbons (Fsp3) is 0.571. The Morgan fingerprint density at radius 1 is 0.950 bits per heavy atom. The number of nitrogens with zero attached hydrogens (tertiary/aromatic N) is 5. The molecular formula is C35H51N5. The normalized spacial score (nSPS) is 19.7. The summed E-state index contributed by atoms with van der Waals surface area (Å²) in [5.74, 6) is 1.09. The van der Waals surface area contributed by atoms with Gasteiger partial charge < -0.3 is 14.7 Å². The van der Waals surface area contributed by atoms with Crippen molar-refractivity contribution in [3.05, 3.63) is 70.2 Å². The van der Waals surface area contributed by atoms with E-state index in [9.17, 15) is 0 Å². The summed E-state index contributed by atoms with van der Waals surface area (Å²) >= 11 is 0. The number of piperidine rings is 1. The maximum atomic E-state index is 5.26. The number of aryl methyl sites for hydroxylation is 1. The Morgan fingerprint density at radius 2 is 1.73 bits per heavy atom. The van der Waals surface area contributed by atoms with E-state index in [0.717, 1.165) is 30.7 Å². The molecule has 1 saturated heterocycles. The Bertz CT molecular complexity index is 1220. The van der Waals surface area contributed by atoms with Crippen LogP contribution in [0.3, 0.4) is 0 Å². The summed E-state index contributed by atoms with van der Waals surface area (Å²) in [7, 11) is 4.24. The number of hydrogen-bond donors (Lipinski definition) is 0. The molecule has 0 atom stereocenters. The van der Waals surface area contributed by atoms with Gasteiger partial charge in [-0.15, -0.1) is 0 Å². The SMILES string of the molecule is CCCCCN(CCC)C1CCN(C2=CN3C(=NC(c4ccc(C)c(N(C)C)c4)=CC3=C3CCC3)C(C)=C2)CC1. The largest absolute Gasteiger partial charge is 0.377 e. The summed E-state index contributed by atoms with van der Waals surface area (Å²) in [6.07, 6.45) is 18.6. The van der Waals surface area contributed by atoms with Gasteiger partial charge in [-0.25, -0.2) is 4.99 Å². The topological polar surface area (TPSA) is 25.3 Å². The zero-order chi connectivity index (χ0) is 28.2. The number of amidine groups is 1. The van der Waals surface area contributed by atoms with Gasteiger partial charge in [-0.05, 0) is 107 Å². The number of hydrogen-bond acceptors (Lipinski definition) is 5. The fourth-order valence-corrected chi connectivity index (χ4v) is 6.65. The average Bonchev–Trinajstić information content (AvgIpc) is 2.92. The van der Waals surface area contributed by atoms with E-state index in [2.05, 4.69) is 97.9 Å². The highest BCUT2D eigenvalue weighted by atomic mass is 15.3. The maximum Gasteiger partial charge on any atom is 0.140 e. The van der Waals surface area contributed by atoms with E-state index in [-0.39, 0.29) is 0 Å². The first-order chi connectivity index (χ1) is 19.4. The quantitative estimate of drug-likeness (QED) is 0.283. The molecular weight excluding hydrogens is 490 g/mol. The number of likely N-dealkylation sites (tertiary alicyclic amines) is 1. The predicted octanol–water partition coefficient (Wildman–Crippen LogP) is 7.72. The van der Waals surface area contributed by atoms with E-state index in [0.29, 0.717) is 0 Å². The molecule has 0 unspecified atom stereocenters. The Hall–Kier alpha value is -2.79. The number of benzene rings is 1. The Labute approximate surface area is 243 Å². The van der Waals surface area contributed by atoms with Gasteiger partial charge in [0.15, 0.2) is 0 Å². The summed E-state index contributed by atoms with van der Waals surface area (Å²) in [4.78, 5) is 15.3. The molecule has 1 aromatic rings. The van der Waals surface area contributed by atoms with Gasteiger partial charge in [0.25, 0.3) is 0 Å². The summed E-state index contributed by atoms with van der Waals surface area (Å²) in [6, 6.07) is 7.48. The predicted molar refractivity (Wildman–Crippen MR) is 171 cm³/mol. The van der Waals surface area contributed by atoms with E-state index in [1.54, 1.807) is 5.57 Å². The van der Waals surface area contributed by atoms with Crippen LogP contribution in [0.4, 0.5) is 5.69 Å². The lowest BCUT2D eigenvalue weighted by Crippen LogP contribution is -2.46. The van der Waals surface area contributed by atoms with E-state index >= 15 is 0 Å². The minimum atomic E-state index is 0.731. The van der Waals surface area contributed by atoms with Gasteiger partial charge in [0, 0.05) is 56.4 Å². The molecule has 0 aromatic heterocycles. The number of fused-ring (bicyclic) bond motifs is 1. The van der Waals surface area contributed by atoms with Crippen LogP contribution in [0, 0.1) is 6.92 Å². The van der Waals surface area contributed by atoms with Gasteiger partial charge in [0.1, 0.15) is 5.84 Å². The van der Waals surface area contributed by atoms with Gasteiger partial charge in [-0.1, -0.05) is 38.8 Å². The van der Waals surface area contributed by atoms with Crippen LogP contribution in [0.25, 0.3) is 5.70 Å². The van der Waals surface area contributed by atoms with Crippen molar-refractivity contribution in [1.82, 2.24) is 14.7 Å². The van der Waals surface area contributed by atoms with Crippen molar-refractivity contribution in [2.75, 3.05) is 45.2 Å². The molecule has 40 heavy (non-hydrogen) atoms. The monoisotopic (exact) mass is 541 g/mol. The first-order valence-electron chi connectivity index (χ1n) is 15.9. The summed E-state index contributed by atoms with van der Waals surface area (Å²) in [5, 5.41) is 0. The van der Waals surface area contributed by atoms with Crippen molar-refractivity contribution < 1.29 is 0 Å². The lowest BCUT2D eigenvalue weighted by atomic mass is 9.88. The van der Waals surface area contributed by atoms with E-state index < -0.39 is 0 Å². The third-order valence-electron chi connectivity index (χ3n) is 9.18. The third-order valence-corrected chi connectivity index (χ3v) is 9.18. The molecule has 0 bridgehead atoms. The van der Waals surface area contributed by atoms with Gasteiger partial charge in [0.2, 0.25) is 0 Å². The molecule has 1 aromatic carbocycles. The van der Waals surface area contributed by atoms with E-state index in [1.807, 2.05) is 0 Å². The third kappa shape index (κ3) is 6.10. The van der Waals surface area contributed by atoms with Crippen molar-refractivity contribution in [3.63, 3.8) is 0 Å². The van der Waals surface area contributed by atoms with Gasteiger partial charge in [-0.3, -0.25) is 4.90 Å². The second-order valence-electron chi connectivity index (χ2n) is 12.4. The summed E-state index contributed by atoms with van der Waals surface area (Å²) < 4.78 is 0. The molecule has 1 aliphatic carbocycles. The molecule has 0 N–H and O–H groups in total. The lowest BCUT2D eigenvalue weighted by molar-refractivity contribution is 0.122. The molecule has 5 rings (SSSR count). The molecule has 0 amide bonds. The van der Waals surface area contributed by atoms with Crippen molar-refractivity contribution >= 4 is 17.2 Å². The molecule has 5 nitrogen and oxygen atoms in total. The number of anilines is 1. The molecule has 3 heterocycles. The van der Waals surface area contributed by atoms with Crippen LogP contribution in [0.1, 0.15) is 89.7 Å². The molecule has 4 aliphatic rings. The highest BCUT2D eigenvalue weighted by Gasteiger charge is 2.31. The van der Waals surface area contributed by atoms with Crippen molar-refractivity contribution in [1.29, 1.82) is 0 Å². The highest BCUT2D eigenvalue weighted by molar-refractivity contribution is 6.06. The van der Waals surface area contributed by atoms with Crippen molar-refractivity contribution in [3.8, 4) is 0 Å². The van der Waals surface area contributed by atoms with Crippen LogP contribution >= 0.6 is 0 Å². The van der Waals surface area contributed by atoms with Crippen LogP contribution in [-0.2, 0) is 0 Å². The standard InChI is InChI=1S/C35H51N5/c1-7-9-10-19-38(18-8-2)30-16-20-39(21-17-30)31-22-27(4)35-36-32(24-34(40(35)25-31)28-12-11-13-28)29-15-14-26(3)33(23-29)37(5)6/h14-15,22-25,30H,7-13,16-21H2,1-6H3. The van der Waals surface area contributed by atoms with Crippen molar-refractivity contribution in [2.45, 2.75) is 91.5 Å². The van der Waals surface area contributed by atoms with E-state index in [1.165, 1.54) is 105 Å². The van der Waals surface area contributed by atoms with Crippen LogP contribution in [0.15, 0.2) is 64.1 Å². The van der Waals surface area contributed by atoms with Crippen LogP contribution < -0.4 is 4.90 Å². The van der Waals surface area contributed by atoms with Crippen LogP contribution in [0.5, 0.6) is 0 Å². The molecule has 3 aliphatic heterocycles. The molecule has 216 valence electrons. The lowest BCUT2D eigenvalue weighted by Gasteiger charge is -2.42. The molecule has 0 radical (unpaired) electrons.